The Labute approximate surface area is 217 Å². The molecule has 2 amide bonds. The number of nitrogens with one attached hydrogen (secondary N) is 1. The molecule has 38 heavy (non-hydrogen) atoms. The van der Waals surface area contributed by atoms with Crippen molar-refractivity contribution in [3.05, 3.63) is 100 Å². The van der Waals surface area contributed by atoms with Gasteiger partial charge >= 0.3 is 0 Å². The molecule has 0 radical (unpaired) electrons. The molecule has 1 aromatic heterocycles. The average Bonchev–Trinajstić information content (AvgIpc) is 3.48. The summed E-state index contributed by atoms with van der Waals surface area (Å²) in [5.74, 6) is -2.59. The number of para-hydroxylation sites is 3. The molecule has 1 N–H and O–H groups in total. The Hall–Kier alpha value is -4.17. The number of rotatable bonds is 3. The molecule has 0 unspecified atom stereocenters. The van der Waals surface area contributed by atoms with E-state index in [0.29, 0.717) is 28.8 Å². The maximum atomic E-state index is 14.9. The van der Waals surface area contributed by atoms with Gasteiger partial charge in [-0.25, -0.2) is 14.3 Å². The molecule has 0 bridgehead atoms. The molecule has 3 aliphatic rings. The fourth-order valence-corrected chi connectivity index (χ4v) is 6.80. The second kappa shape index (κ2) is 7.91. The number of carbonyl (C=O) groups is 2. The van der Waals surface area contributed by atoms with E-state index in [-0.39, 0.29) is 23.2 Å². The predicted octanol–water partition coefficient (Wildman–Crippen LogP) is 3.91. The van der Waals surface area contributed by atoms with Gasteiger partial charge in [0.25, 0.3) is 5.56 Å². The van der Waals surface area contributed by atoms with E-state index in [0.717, 1.165) is 10.5 Å². The first kappa shape index (κ1) is 23.0. The highest BCUT2D eigenvalue weighted by Gasteiger charge is 2.69. The van der Waals surface area contributed by atoms with Crippen molar-refractivity contribution >= 4 is 28.4 Å². The van der Waals surface area contributed by atoms with Gasteiger partial charge in [0.1, 0.15) is 17.2 Å². The number of anilines is 1. The number of imide groups is 1. The second-order valence-corrected chi connectivity index (χ2v) is 10.8. The van der Waals surface area contributed by atoms with Crippen molar-refractivity contribution in [3.63, 3.8) is 0 Å². The van der Waals surface area contributed by atoms with Crippen molar-refractivity contribution in [2.75, 3.05) is 4.90 Å². The minimum Gasteiger partial charge on any atom is -0.297 e. The second-order valence-electron chi connectivity index (χ2n) is 10.8. The van der Waals surface area contributed by atoms with Gasteiger partial charge in [0.15, 0.2) is 0 Å². The van der Waals surface area contributed by atoms with Crippen LogP contribution in [0, 0.1) is 23.6 Å². The molecule has 7 rings (SSSR count). The van der Waals surface area contributed by atoms with Crippen LogP contribution in [0.5, 0.6) is 0 Å². The molecule has 2 fully saturated rings. The number of halogens is 1. The van der Waals surface area contributed by atoms with Gasteiger partial charge in [-0.3, -0.25) is 24.3 Å². The smallest absolute Gasteiger partial charge is 0.266 e. The fraction of sp³-hybridized carbons (Fsp3) is 0.267. The standard InChI is InChI=1S/C30H25FN4O3/c1-16(2)15-21-24-25(28(38)34(27(24)37)23-14-8-5-11-19(23)31)30(33-21)18-10-4-7-13-22(18)35-26(36)17-9-3-6-12-20(17)32-29(30)35/h3-14,16,21,24-25,33H,15H2,1-2H3/t21-,24-,25+,30-/m0/s1. The number of carbonyl (C=O) groups excluding carboxylic acids is 2. The van der Waals surface area contributed by atoms with Crippen molar-refractivity contribution < 1.29 is 14.0 Å². The summed E-state index contributed by atoms with van der Waals surface area (Å²) >= 11 is 0. The van der Waals surface area contributed by atoms with E-state index in [1.54, 1.807) is 28.8 Å². The fourth-order valence-electron chi connectivity index (χ4n) is 6.80. The number of nitrogens with zero attached hydrogens (tertiary/aromatic N) is 3. The van der Waals surface area contributed by atoms with Crippen LogP contribution in [-0.2, 0) is 15.1 Å². The van der Waals surface area contributed by atoms with Crippen LogP contribution in [-0.4, -0.2) is 27.4 Å². The first-order valence-electron chi connectivity index (χ1n) is 12.9. The number of fused-ring (bicyclic) bond motifs is 8. The predicted molar refractivity (Wildman–Crippen MR) is 140 cm³/mol. The first-order valence-corrected chi connectivity index (χ1v) is 12.9. The third-order valence-electron chi connectivity index (χ3n) is 8.18. The number of aromatic nitrogens is 2. The zero-order valence-electron chi connectivity index (χ0n) is 20.9. The van der Waals surface area contributed by atoms with Crippen LogP contribution in [0.25, 0.3) is 16.6 Å². The van der Waals surface area contributed by atoms with Gasteiger partial charge in [0.2, 0.25) is 11.8 Å². The summed E-state index contributed by atoms with van der Waals surface area (Å²) in [6, 6.07) is 20.0. The van der Waals surface area contributed by atoms with E-state index in [1.165, 1.54) is 18.2 Å². The molecule has 4 atom stereocenters. The number of hydrogen-bond donors (Lipinski definition) is 1. The summed E-state index contributed by atoms with van der Waals surface area (Å²) in [7, 11) is 0. The van der Waals surface area contributed by atoms with Crippen LogP contribution >= 0.6 is 0 Å². The number of benzene rings is 3. The van der Waals surface area contributed by atoms with E-state index in [4.69, 9.17) is 4.98 Å². The lowest BCUT2D eigenvalue weighted by molar-refractivity contribution is -0.123. The molecule has 2 saturated heterocycles. The topological polar surface area (TPSA) is 84.3 Å². The normalized spacial score (nSPS) is 25.5. The van der Waals surface area contributed by atoms with Crippen LogP contribution in [0.1, 0.15) is 31.7 Å². The third kappa shape index (κ3) is 2.81. The molecule has 7 nitrogen and oxygen atoms in total. The summed E-state index contributed by atoms with van der Waals surface area (Å²) < 4.78 is 16.5. The third-order valence-corrected chi connectivity index (χ3v) is 8.18. The summed E-state index contributed by atoms with van der Waals surface area (Å²) in [5.41, 5.74) is 0.360. The molecular weight excluding hydrogens is 483 g/mol. The van der Waals surface area contributed by atoms with E-state index in [9.17, 15) is 18.8 Å². The molecule has 8 heteroatoms. The highest BCUT2D eigenvalue weighted by Crippen LogP contribution is 2.56. The van der Waals surface area contributed by atoms with Gasteiger partial charge in [0, 0.05) is 11.6 Å². The first-order chi connectivity index (χ1) is 18.3. The van der Waals surface area contributed by atoms with Crippen molar-refractivity contribution in [2.45, 2.75) is 31.8 Å². The lowest BCUT2D eigenvalue weighted by atomic mass is 9.75. The number of amides is 2. The zero-order valence-corrected chi connectivity index (χ0v) is 20.9. The molecule has 3 aliphatic heterocycles. The van der Waals surface area contributed by atoms with Gasteiger partial charge in [-0.1, -0.05) is 56.3 Å². The minimum absolute atomic E-state index is 0.0505. The monoisotopic (exact) mass is 508 g/mol. The van der Waals surface area contributed by atoms with Crippen LogP contribution in [0.4, 0.5) is 10.1 Å². The molecule has 4 heterocycles. The molecule has 0 aliphatic carbocycles. The quantitative estimate of drug-likeness (QED) is 0.425. The van der Waals surface area contributed by atoms with Gasteiger partial charge in [0.05, 0.1) is 34.1 Å². The zero-order chi connectivity index (χ0) is 26.3. The van der Waals surface area contributed by atoms with E-state index >= 15 is 0 Å². The highest BCUT2D eigenvalue weighted by molar-refractivity contribution is 6.23. The van der Waals surface area contributed by atoms with Crippen molar-refractivity contribution in [2.24, 2.45) is 17.8 Å². The van der Waals surface area contributed by atoms with Gasteiger partial charge in [-0.2, -0.15) is 0 Å². The van der Waals surface area contributed by atoms with Crippen LogP contribution in [0.3, 0.4) is 0 Å². The highest BCUT2D eigenvalue weighted by atomic mass is 19.1. The minimum atomic E-state index is -1.23. The largest absolute Gasteiger partial charge is 0.297 e. The Balaban J connectivity index is 1.53. The Morgan fingerprint density at radius 1 is 0.921 bits per heavy atom. The van der Waals surface area contributed by atoms with Gasteiger partial charge in [-0.15, -0.1) is 0 Å². The van der Waals surface area contributed by atoms with Gasteiger partial charge in [-0.05, 0) is 42.7 Å². The molecule has 190 valence electrons. The lowest BCUT2D eigenvalue weighted by Gasteiger charge is -2.32. The SMILES string of the molecule is CC(C)C[C@@H]1N[C@@]2(c3ccccc3-n3c2nc2ccccc2c3=O)[C@H]2C(=O)N(c3ccccc3F)C(=O)[C@@H]12. The Bertz CT molecular complexity index is 1730. The molecular formula is C30H25FN4O3. The molecule has 3 aromatic carbocycles. The Morgan fingerprint density at radius 3 is 2.37 bits per heavy atom. The number of hydrogen-bond acceptors (Lipinski definition) is 5. The maximum Gasteiger partial charge on any atom is 0.266 e. The van der Waals surface area contributed by atoms with Crippen LogP contribution in [0.2, 0.25) is 0 Å². The summed E-state index contributed by atoms with van der Waals surface area (Å²) in [6.07, 6.45) is 0.618. The van der Waals surface area contributed by atoms with Crippen molar-refractivity contribution in [1.29, 1.82) is 0 Å². The summed E-state index contributed by atoms with van der Waals surface area (Å²) in [6.45, 7) is 4.12. The Morgan fingerprint density at radius 2 is 1.61 bits per heavy atom. The summed E-state index contributed by atoms with van der Waals surface area (Å²) in [5, 5.41) is 4.14. The Kier molecular flexibility index (Phi) is 4.79. The summed E-state index contributed by atoms with van der Waals surface area (Å²) in [4.78, 5) is 48.1. The molecule has 4 aromatic rings. The molecule has 1 spiro atoms. The molecule has 0 saturated carbocycles. The van der Waals surface area contributed by atoms with Crippen LogP contribution < -0.4 is 15.8 Å². The van der Waals surface area contributed by atoms with Crippen LogP contribution in [0.15, 0.2) is 77.6 Å². The van der Waals surface area contributed by atoms with E-state index in [2.05, 4.69) is 19.2 Å². The van der Waals surface area contributed by atoms with Gasteiger partial charge < -0.3 is 0 Å². The van der Waals surface area contributed by atoms with E-state index in [1.807, 2.05) is 30.3 Å². The van der Waals surface area contributed by atoms with Crippen molar-refractivity contribution in [1.82, 2.24) is 14.9 Å². The van der Waals surface area contributed by atoms with Crippen molar-refractivity contribution in [3.8, 4) is 5.69 Å². The maximum absolute atomic E-state index is 14.9. The lowest BCUT2D eigenvalue weighted by Crippen LogP contribution is -2.50. The van der Waals surface area contributed by atoms with E-state index < -0.39 is 35.0 Å². The average molecular weight is 509 g/mol.